The van der Waals surface area contributed by atoms with Crippen LogP contribution < -0.4 is 10.6 Å². The van der Waals surface area contributed by atoms with Crippen molar-refractivity contribution in [3.05, 3.63) is 66.4 Å². The highest BCUT2D eigenvalue weighted by atomic mass is 19.1. The van der Waals surface area contributed by atoms with Crippen LogP contribution in [0.15, 0.2) is 54.7 Å². The van der Waals surface area contributed by atoms with E-state index >= 15 is 0 Å². The van der Waals surface area contributed by atoms with Gasteiger partial charge in [0.2, 0.25) is 0 Å². The normalized spacial score (nSPS) is 20.4. The second-order valence-corrected chi connectivity index (χ2v) is 7.90. The molecule has 3 N–H and O–H groups in total. The molecule has 0 spiro atoms. The van der Waals surface area contributed by atoms with Crippen LogP contribution >= 0.6 is 0 Å². The van der Waals surface area contributed by atoms with Gasteiger partial charge in [0.1, 0.15) is 23.4 Å². The van der Waals surface area contributed by atoms with Crippen molar-refractivity contribution in [1.82, 2.24) is 20.3 Å². The van der Waals surface area contributed by atoms with Crippen molar-refractivity contribution >= 4 is 11.7 Å². The van der Waals surface area contributed by atoms with Gasteiger partial charge in [-0.2, -0.15) is 0 Å². The summed E-state index contributed by atoms with van der Waals surface area (Å²) in [5, 5.41) is 23.3. The third-order valence-electron chi connectivity index (χ3n) is 5.58. The zero-order valence-corrected chi connectivity index (χ0v) is 17.8. The average Bonchev–Trinajstić information content (AvgIpc) is 3.29. The Morgan fingerprint density at radius 1 is 1.15 bits per heavy atom. The molecule has 0 radical (unpaired) electrons. The van der Waals surface area contributed by atoms with Crippen molar-refractivity contribution in [2.24, 2.45) is 0 Å². The number of aryl methyl sites for hydroxylation is 1. The van der Waals surface area contributed by atoms with Crippen LogP contribution in [0.4, 0.5) is 19.3 Å². The molecule has 0 bridgehead atoms. The molecule has 4 rings (SSSR count). The number of hydrogen-bond donors (Lipinski definition) is 3. The summed E-state index contributed by atoms with van der Waals surface area (Å²) < 4.78 is 34.6. The predicted octanol–water partition coefficient (Wildman–Crippen LogP) is 3.34. The summed E-state index contributed by atoms with van der Waals surface area (Å²) in [6.07, 6.45) is 2.96. The number of amides is 2. The van der Waals surface area contributed by atoms with Gasteiger partial charge in [-0.25, -0.2) is 13.6 Å². The Hall–Kier alpha value is -3.37. The number of aliphatic hydroxyl groups excluding tert-OH is 1. The lowest BCUT2D eigenvalue weighted by atomic mass is 9.97. The number of aliphatic hydroxyl groups is 1. The summed E-state index contributed by atoms with van der Waals surface area (Å²) in [6.45, 7) is 0.284. The van der Waals surface area contributed by atoms with Crippen LogP contribution in [-0.2, 0) is 11.3 Å². The van der Waals surface area contributed by atoms with Crippen LogP contribution in [0.2, 0.25) is 0 Å². The summed E-state index contributed by atoms with van der Waals surface area (Å²) in [4.78, 5) is 12.3. The fourth-order valence-electron chi connectivity index (χ4n) is 3.85. The summed E-state index contributed by atoms with van der Waals surface area (Å²) in [7, 11) is 0. The first-order valence-corrected chi connectivity index (χ1v) is 10.8. The number of nitrogens with zero attached hydrogens (tertiary/aromatic N) is 3. The number of carbonyl (C=O) groups excluding carboxylic acids is 1. The number of benzene rings is 2. The van der Waals surface area contributed by atoms with Crippen LogP contribution in [-0.4, -0.2) is 51.0 Å². The summed E-state index contributed by atoms with van der Waals surface area (Å²) in [5.74, 6) is -0.740. The largest absolute Gasteiger partial charge is 0.394 e. The Kier molecular flexibility index (Phi) is 7.26. The van der Waals surface area contributed by atoms with Crippen molar-refractivity contribution in [2.45, 2.75) is 44.1 Å². The van der Waals surface area contributed by atoms with Gasteiger partial charge in [-0.1, -0.05) is 17.3 Å². The van der Waals surface area contributed by atoms with Gasteiger partial charge in [-0.3, -0.25) is 4.68 Å². The lowest BCUT2D eigenvalue weighted by Crippen LogP contribution is -2.52. The fourth-order valence-corrected chi connectivity index (χ4v) is 3.85. The maximum absolute atomic E-state index is 13.9. The first-order chi connectivity index (χ1) is 16.0. The number of hydrogen-bond acceptors (Lipinski definition) is 5. The number of aromatic nitrogens is 3. The monoisotopic (exact) mass is 457 g/mol. The van der Waals surface area contributed by atoms with Gasteiger partial charge in [0.25, 0.3) is 0 Å². The molecular formula is C23H25F2N5O3. The standard InChI is InChI=1S/C23H25F2N5O3/c24-15-5-7-16(8-6-15)26-23(32)27-20-10-9-17(33-22(20)14-31)11-12-30-13-21(28-29-30)18-3-1-2-4-19(18)25/h1-8,13,17,20,22,31H,9-12,14H2,(H2,26,27,32)/t17-,20-,22+/m1/s1. The van der Waals surface area contributed by atoms with E-state index in [2.05, 4.69) is 20.9 Å². The highest BCUT2D eigenvalue weighted by Crippen LogP contribution is 2.24. The maximum atomic E-state index is 13.9. The Morgan fingerprint density at radius 2 is 1.94 bits per heavy atom. The van der Waals surface area contributed by atoms with Crippen LogP contribution in [0, 0.1) is 11.6 Å². The number of halogens is 2. The van der Waals surface area contributed by atoms with Gasteiger partial charge < -0.3 is 20.5 Å². The van der Waals surface area contributed by atoms with Crippen LogP contribution in [0.3, 0.4) is 0 Å². The first-order valence-electron chi connectivity index (χ1n) is 10.8. The Bertz CT molecular complexity index is 1080. The number of anilines is 1. The molecule has 2 heterocycles. The van der Waals surface area contributed by atoms with E-state index in [1.54, 1.807) is 29.1 Å². The zero-order chi connectivity index (χ0) is 23.2. The minimum atomic E-state index is -0.549. The Balaban J connectivity index is 1.27. The van der Waals surface area contributed by atoms with Crippen molar-refractivity contribution in [2.75, 3.05) is 11.9 Å². The quantitative estimate of drug-likeness (QED) is 0.505. The molecule has 0 unspecified atom stereocenters. The van der Waals surface area contributed by atoms with Crippen molar-refractivity contribution in [3.8, 4) is 11.3 Å². The SMILES string of the molecule is O=C(Nc1ccc(F)cc1)N[C@@H]1CC[C@H](CCn2cc(-c3ccccc3F)nn2)O[C@H]1CO. The van der Waals surface area contributed by atoms with Gasteiger partial charge in [-0.05, 0) is 55.7 Å². The highest BCUT2D eigenvalue weighted by molar-refractivity contribution is 5.89. The summed E-state index contributed by atoms with van der Waals surface area (Å²) >= 11 is 0. The first kappa shape index (κ1) is 22.8. The molecule has 1 fully saturated rings. The molecule has 1 aliphatic heterocycles. The van der Waals surface area contributed by atoms with Gasteiger partial charge in [-0.15, -0.1) is 5.10 Å². The summed E-state index contributed by atoms with van der Waals surface area (Å²) in [6, 6.07) is 11.0. The number of carbonyl (C=O) groups is 1. The van der Waals surface area contributed by atoms with Crippen LogP contribution in [0.1, 0.15) is 19.3 Å². The molecule has 1 aliphatic rings. The van der Waals surface area contributed by atoms with Gasteiger partial charge >= 0.3 is 6.03 Å². The van der Waals surface area contributed by atoms with E-state index in [4.69, 9.17) is 4.74 Å². The molecule has 174 valence electrons. The Labute approximate surface area is 189 Å². The summed E-state index contributed by atoms with van der Waals surface area (Å²) in [5.41, 5.74) is 1.32. The topological polar surface area (TPSA) is 101 Å². The second kappa shape index (κ2) is 10.5. The van der Waals surface area contributed by atoms with Gasteiger partial charge in [0.05, 0.1) is 24.9 Å². The van der Waals surface area contributed by atoms with Gasteiger partial charge in [0.15, 0.2) is 0 Å². The predicted molar refractivity (Wildman–Crippen MR) is 117 cm³/mol. The lowest BCUT2D eigenvalue weighted by Gasteiger charge is -2.36. The Morgan fingerprint density at radius 3 is 2.70 bits per heavy atom. The highest BCUT2D eigenvalue weighted by Gasteiger charge is 2.32. The van der Waals surface area contributed by atoms with E-state index in [9.17, 15) is 18.7 Å². The van der Waals surface area contributed by atoms with Crippen LogP contribution in [0.25, 0.3) is 11.3 Å². The lowest BCUT2D eigenvalue weighted by molar-refractivity contribution is -0.0905. The van der Waals surface area contributed by atoms with E-state index < -0.39 is 12.1 Å². The number of urea groups is 1. The molecule has 1 aromatic heterocycles. The number of ether oxygens (including phenoxy) is 1. The third kappa shape index (κ3) is 5.91. The molecule has 0 saturated carbocycles. The van der Waals surface area contributed by atoms with E-state index in [0.29, 0.717) is 42.8 Å². The zero-order valence-electron chi connectivity index (χ0n) is 17.8. The van der Waals surface area contributed by atoms with E-state index in [1.165, 1.54) is 30.3 Å². The van der Waals surface area contributed by atoms with Gasteiger partial charge in [0, 0.05) is 17.8 Å². The molecular weight excluding hydrogens is 432 g/mol. The fraction of sp³-hybridized carbons (Fsp3) is 0.348. The minimum absolute atomic E-state index is 0.124. The molecule has 2 aromatic carbocycles. The average molecular weight is 457 g/mol. The molecule has 0 aliphatic carbocycles. The second-order valence-electron chi connectivity index (χ2n) is 7.90. The number of rotatable bonds is 7. The number of nitrogens with one attached hydrogen (secondary N) is 2. The minimum Gasteiger partial charge on any atom is -0.394 e. The molecule has 3 atom stereocenters. The molecule has 10 heteroatoms. The molecule has 3 aromatic rings. The van der Waals surface area contributed by atoms with E-state index in [0.717, 1.165) is 0 Å². The van der Waals surface area contributed by atoms with E-state index in [1.807, 2.05) is 0 Å². The third-order valence-corrected chi connectivity index (χ3v) is 5.58. The smallest absolute Gasteiger partial charge is 0.319 e. The molecule has 2 amide bonds. The molecule has 33 heavy (non-hydrogen) atoms. The van der Waals surface area contributed by atoms with Crippen molar-refractivity contribution < 1.29 is 23.4 Å². The van der Waals surface area contributed by atoms with Crippen molar-refractivity contribution in [1.29, 1.82) is 0 Å². The van der Waals surface area contributed by atoms with Crippen LogP contribution in [0.5, 0.6) is 0 Å². The maximum Gasteiger partial charge on any atom is 0.319 e. The molecule has 1 saturated heterocycles. The molecule has 8 nitrogen and oxygen atoms in total. The van der Waals surface area contributed by atoms with Crippen molar-refractivity contribution in [3.63, 3.8) is 0 Å². The van der Waals surface area contributed by atoms with E-state index in [-0.39, 0.29) is 30.4 Å².